The molecule has 11 heteroatoms. The first-order valence-electron chi connectivity index (χ1n) is 12.6. The van der Waals surface area contributed by atoms with E-state index in [2.05, 4.69) is 11.1 Å². The average molecular weight is 557 g/mol. The van der Waals surface area contributed by atoms with E-state index in [1.54, 1.807) is 48.1 Å². The van der Waals surface area contributed by atoms with Crippen LogP contribution in [0.25, 0.3) is 50.3 Å². The molecule has 0 unspecified atom stereocenters. The number of para-hydroxylation sites is 2. The number of rotatable bonds is 5. The van der Waals surface area contributed by atoms with Gasteiger partial charge >= 0.3 is 5.63 Å². The Bertz CT molecular complexity index is 2130. The Labute approximate surface area is 237 Å². The molecule has 3 N–H and O–H groups in total. The summed E-state index contributed by atoms with van der Waals surface area (Å²) in [5, 5.41) is 37.6. The van der Waals surface area contributed by atoms with Crippen LogP contribution in [-0.4, -0.2) is 24.8 Å². The number of hydrogen-bond donors (Lipinski definition) is 2. The summed E-state index contributed by atoms with van der Waals surface area (Å²) >= 11 is 0. The maximum absolute atomic E-state index is 13.1. The number of nitrogens with zero attached hydrogens (tertiary/aromatic N) is 5. The van der Waals surface area contributed by atoms with Gasteiger partial charge in [0.25, 0.3) is 5.69 Å². The van der Waals surface area contributed by atoms with Crippen molar-refractivity contribution in [2.45, 2.75) is 6.92 Å². The Kier molecular flexibility index (Phi) is 6.21. The molecule has 0 amide bonds. The van der Waals surface area contributed by atoms with Crippen LogP contribution in [0.3, 0.4) is 0 Å². The molecule has 6 rings (SSSR count). The van der Waals surface area contributed by atoms with E-state index in [1.807, 2.05) is 30.3 Å². The summed E-state index contributed by atoms with van der Waals surface area (Å²) in [6, 6.07) is 23.7. The van der Waals surface area contributed by atoms with Gasteiger partial charge < -0.3 is 15.3 Å². The topological polar surface area (TPSA) is 174 Å². The van der Waals surface area contributed by atoms with Crippen molar-refractivity contribution >= 4 is 22.5 Å². The number of non-ortho nitro benzene ring substituents is 1. The standard InChI is InChI=1S/C31H20N6O5/c1-17-6-5-9-21-28(38)26(31(39)42-29(17)21)25-14-22(23(15-32)30(33)34-25)24-16-36(19-7-3-2-4-8-19)35-27(24)18-10-12-20(13-11-18)37(40)41/h2-14,16,38H,1H3,(H2,33,34). The van der Waals surface area contributed by atoms with Gasteiger partial charge in [0.15, 0.2) is 0 Å². The summed E-state index contributed by atoms with van der Waals surface area (Å²) < 4.78 is 7.16. The van der Waals surface area contributed by atoms with E-state index in [0.29, 0.717) is 33.3 Å². The van der Waals surface area contributed by atoms with Crippen LogP contribution in [0.1, 0.15) is 11.1 Å². The van der Waals surface area contributed by atoms with Crippen LogP contribution in [-0.2, 0) is 0 Å². The molecule has 11 nitrogen and oxygen atoms in total. The smallest absolute Gasteiger partial charge is 0.349 e. The van der Waals surface area contributed by atoms with Crippen molar-refractivity contribution in [3.05, 3.63) is 117 Å². The van der Waals surface area contributed by atoms with Gasteiger partial charge in [0.05, 0.1) is 21.7 Å². The molecule has 3 heterocycles. The largest absolute Gasteiger partial charge is 0.506 e. The molecule has 3 aromatic carbocycles. The third-order valence-electron chi connectivity index (χ3n) is 6.89. The van der Waals surface area contributed by atoms with Crippen LogP contribution >= 0.6 is 0 Å². The maximum atomic E-state index is 13.1. The minimum absolute atomic E-state index is 0.00160. The number of nitro benzene ring substituents is 1. The van der Waals surface area contributed by atoms with Crippen molar-refractivity contribution in [3.8, 4) is 51.1 Å². The van der Waals surface area contributed by atoms with Crippen LogP contribution in [0.4, 0.5) is 11.5 Å². The van der Waals surface area contributed by atoms with E-state index in [4.69, 9.17) is 15.2 Å². The number of fused-ring (bicyclic) bond motifs is 1. The Hall–Kier alpha value is -6.28. The van der Waals surface area contributed by atoms with Crippen molar-refractivity contribution in [2.24, 2.45) is 0 Å². The third-order valence-corrected chi connectivity index (χ3v) is 6.89. The highest BCUT2D eigenvalue weighted by Gasteiger charge is 2.24. The average Bonchev–Trinajstić information content (AvgIpc) is 3.43. The minimum Gasteiger partial charge on any atom is -0.506 e. The zero-order valence-corrected chi connectivity index (χ0v) is 22.0. The lowest BCUT2D eigenvalue weighted by Gasteiger charge is -2.12. The Balaban J connectivity index is 1.63. The van der Waals surface area contributed by atoms with Crippen LogP contribution in [0.15, 0.2) is 94.3 Å². The molecule has 0 aliphatic heterocycles. The monoisotopic (exact) mass is 556 g/mol. The summed E-state index contributed by atoms with van der Waals surface area (Å²) in [6.07, 6.45) is 1.69. The molecule has 42 heavy (non-hydrogen) atoms. The van der Waals surface area contributed by atoms with E-state index in [-0.39, 0.29) is 39.7 Å². The molecule has 6 aromatic rings. The molecular weight excluding hydrogens is 536 g/mol. The highest BCUT2D eigenvalue weighted by atomic mass is 16.6. The predicted molar refractivity (Wildman–Crippen MR) is 156 cm³/mol. The van der Waals surface area contributed by atoms with Gasteiger partial charge in [0, 0.05) is 35.0 Å². The highest BCUT2D eigenvalue weighted by molar-refractivity contribution is 5.93. The molecule has 0 atom stereocenters. The van der Waals surface area contributed by atoms with Crippen LogP contribution in [0, 0.1) is 28.4 Å². The summed E-state index contributed by atoms with van der Waals surface area (Å²) in [6.45, 7) is 1.75. The lowest BCUT2D eigenvalue weighted by Crippen LogP contribution is -2.08. The molecule has 0 bridgehead atoms. The molecule has 3 aromatic heterocycles. The molecule has 204 valence electrons. The number of nitrogens with two attached hydrogens (primary N) is 1. The van der Waals surface area contributed by atoms with Crippen LogP contribution in [0.5, 0.6) is 5.75 Å². The number of aryl methyl sites for hydroxylation is 1. The van der Waals surface area contributed by atoms with Crippen molar-refractivity contribution in [2.75, 3.05) is 5.73 Å². The highest BCUT2D eigenvalue weighted by Crippen LogP contribution is 2.40. The summed E-state index contributed by atoms with van der Waals surface area (Å²) in [7, 11) is 0. The molecule has 0 spiro atoms. The summed E-state index contributed by atoms with van der Waals surface area (Å²) in [5.41, 5.74) is 8.44. The van der Waals surface area contributed by atoms with Gasteiger partial charge in [-0.15, -0.1) is 0 Å². The summed E-state index contributed by atoms with van der Waals surface area (Å²) in [4.78, 5) is 28.2. The van der Waals surface area contributed by atoms with Crippen LogP contribution < -0.4 is 11.4 Å². The number of aromatic nitrogens is 3. The van der Waals surface area contributed by atoms with Gasteiger partial charge in [-0.05, 0) is 48.9 Å². The van der Waals surface area contributed by atoms with Crippen molar-refractivity contribution < 1.29 is 14.4 Å². The molecule has 0 radical (unpaired) electrons. The Morgan fingerprint density at radius 2 is 1.79 bits per heavy atom. The van der Waals surface area contributed by atoms with Crippen molar-refractivity contribution in [3.63, 3.8) is 0 Å². The minimum atomic E-state index is -0.826. The number of nitrogen functional groups attached to an aromatic ring is 1. The quantitative estimate of drug-likeness (QED) is 0.152. The zero-order chi connectivity index (χ0) is 29.5. The lowest BCUT2D eigenvalue weighted by molar-refractivity contribution is -0.384. The number of anilines is 1. The number of hydrogen-bond acceptors (Lipinski definition) is 9. The molecule has 0 aliphatic rings. The second-order valence-corrected chi connectivity index (χ2v) is 9.47. The Morgan fingerprint density at radius 3 is 2.48 bits per heavy atom. The number of pyridine rings is 1. The van der Waals surface area contributed by atoms with Gasteiger partial charge in [-0.3, -0.25) is 10.1 Å². The number of nitro groups is 1. The summed E-state index contributed by atoms with van der Waals surface area (Å²) in [5.74, 6) is -0.502. The Morgan fingerprint density at radius 1 is 1.05 bits per heavy atom. The fourth-order valence-corrected chi connectivity index (χ4v) is 4.84. The maximum Gasteiger partial charge on any atom is 0.349 e. The van der Waals surface area contributed by atoms with E-state index < -0.39 is 10.5 Å². The normalized spacial score (nSPS) is 11.0. The van der Waals surface area contributed by atoms with E-state index in [9.17, 15) is 25.3 Å². The van der Waals surface area contributed by atoms with E-state index >= 15 is 0 Å². The zero-order valence-electron chi connectivity index (χ0n) is 22.0. The molecule has 0 aliphatic carbocycles. The van der Waals surface area contributed by atoms with Crippen molar-refractivity contribution in [1.29, 1.82) is 5.26 Å². The van der Waals surface area contributed by atoms with Crippen LogP contribution in [0.2, 0.25) is 0 Å². The van der Waals surface area contributed by atoms with Gasteiger partial charge in [0.1, 0.15) is 40.0 Å². The molecule has 0 saturated carbocycles. The van der Waals surface area contributed by atoms with Gasteiger partial charge in [-0.25, -0.2) is 14.5 Å². The molecule has 0 fully saturated rings. The number of aromatic hydroxyl groups is 1. The fraction of sp³-hybridized carbons (Fsp3) is 0.0323. The molecular formula is C31H20N6O5. The molecule has 0 saturated heterocycles. The van der Waals surface area contributed by atoms with Gasteiger partial charge in [-0.1, -0.05) is 30.3 Å². The number of nitriles is 1. The first kappa shape index (κ1) is 26.0. The second-order valence-electron chi connectivity index (χ2n) is 9.47. The van der Waals surface area contributed by atoms with Gasteiger partial charge in [-0.2, -0.15) is 10.4 Å². The van der Waals surface area contributed by atoms with E-state index in [0.717, 1.165) is 5.69 Å². The van der Waals surface area contributed by atoms with Gasteiger partial charge in [0.2, 0.25) is 0 Å². The SMILES string of the molecule is Cc1cccc2c(O)c(-c3cc(-c4cn(-c5ccccc5)nc4-c4ccc([N+](=O)[O-])cc4)c(C#N)c(N)n3)c(=O)oc12. The second kappa shape index (κ2) is 10.0. The number of benzene rings is 3. The van der Waals surface area contributed by atoms with Crippen molar-refractivity contribution in [1.82, 2.24) is 14.8 Å². The first-order chi connectivity index (χ1) is 20.3. The van der Waals surface area contributed by atoms with E-state index in [1.165, 1.54) is 18.2 Å². The first-order valence-corrected chi connectivity index (χ1v) is 12.6. The third kappa shape index (κ3) is 4.29. The fourth-order valence-electron chi connectivity index (χ4n) is 4.84. The lowest BCUT2D eigenvalue weighted by atomic mass is 9.96. The predicted octanol–water partition coefficient (Wildman–Crippen LogP) is 5.75.